The molecule has 0 saturated carbocycles. The van der Waals surface area contributed by atoms with Crippen LogP contribution in [-0.2, 0) is 6.42 Å². The molecule has 0 radical (unpaired) electrons. The summed E-state index contributed by atoms with van der Waals surface area (Å²) in [7, 11) is 0. The summed E-state index contributed by atoms with van der Waals surface area (Å²) in [6.45, 7) is 0. The van der Waals surface area contributed by atoms with Gasteiger partial charge in [-0.05, 0) is 24.0 Å². The first-order valence-corrected chi connectivity index (χ1v) is 6.81. The van der Waals surface area contributed by atoms with Crippen LogP contribution in [0.2, 0.25) is 0 Å². The van der Waals surface area contributed by atoms with Crippen LogP contribution in [0, 0.1) is 0 Å². The molecule has 0 aliphatic heterocycles. The van der Waals surface area contributed by atoms with Gasteiger partial charge in [-0.1, -0.05) is 29.4 Å². The zero-order chi connectivity index (χ0) is 14.2. The maximum atomic E-state index is 5.79. The molecule has 0 fully saturated rings. The van der Waals surface area contributed by atoms with E-state index in [1.165, 1.54) is 17.3 Å². The molecule has 1 aliphatic carbocycles. The largest absolute Gasteiger partial charge is 0.382 e. The number of nitrogen functional groups attached to an aromatic ring is 1. The molecular formula is C15H13N5O. The van der Waals surface area contributed by atoms with Crippen LogP contribution in [0.4, 0.5) is 5.82 Å². The Labute approximate surface area is 121 Å². The highest BCUT2D eigenvalue weighted by atomic mass is 16.5. The fourth-order valence-electron chi connectivity index (χ4n) is 2.81. The van der Waals surface area contributed by atoms with Crippen molar-refractivity contribution < 1.29 is 4.52 Å². The molecule has 0 amide bonds. The molecule has 4 rings (SSSR count). The molecule has 2 aromatic heterocycles. The number of hydrogen-bond acceptors (Lipinski definition) is 6. The molecule has 2 heterocycles. The van der Waals surface area contributed by atoms with Gasteiger partial charge in [0.1, 0.15) is 0 Å². The molecule has 2 N–H and O–H groups in total. The van der Waals surface area contributed by atoms with Crippen LogP contribution in [0.1, 0.15) is 29.3 Å². The van der Waals surface area contributed by atoms with E-state index in [9.17, 15) is 0 Å². The number of aromatic nitrogens is 4. The minimum absolute atomic E-state index is 0.177. The monoisotopic (exact) mass is 279 g/mol. The summed E-state index contributed by atoms with van der Waals surface area (Å²) in [6.07, 6.45) is 5.12. The number of nitrogens with zero attached hydrogens (tertiary/aromatic N) is 4. The lowest BCUT2D eigenvalue weighted by Gasteiger charge is -2.05. The Hall–Kier alpha value is -2.76. The van der Waals surface area contributed by atoms with Crippen LogP contribution in [0.3, 0.4) is 0 Å². The van der Waals surface area contributed by atoms with Crippen LogP contribution in [0.5, 0.6) is 0 Å². The summed E-state index contributed by atoms with van der Waals surface area (Å²) in [5.74, 6) is 1.47. The van der Waals surface area contributed by atoms with Crippen molar-refractivity contribution in [3.05, 3.63) is 53.6 Å². The van der Waals surface area contributed by atoms with Crippen molar-refractivity contribution in [2.75, 3.05) is 5.73 Å². The zero-order valence-corrected chi connectivity index (χ0v) is 11.2. The third kappa shape index (κ3) is 1.96. The molecule has 1 aliphatic rings. The number of fused-ring (bicyclic) bond motifs is 1. The third-order valence-corrected chi connectivity index (χ3v) is 3.82. The number of anilines is 1. The van der Waals surface area contributed by atoms with Gasteiger partial charge in [0.05, 0.1) is 0 Å². The van der Waals surface area contributed by atoms with E-state index < -0.39 is 0 Å². The van der Waals surface area contributed by atoms with Gasteiger partial charge in [0.2, 0.25) is 0 Å². The fourth-order valence-corrected chi connectivity index (χ4v) is 2.81. The quantitative estimate of drug-likeness (QED) is 0.773. The van der Waals surface area contributed by atoms with Crippen molar-refractivity contribution in [3.63, 3.8) is 0 Å². The van der Waals surface area contributed by atoms with Gasteiger partial charge in [-0.25, -0.2) is 9.97 Å². The first kappa shape index (κ1) is 12.0. The van der Waals surface area contributed by atoms with Gasteiger partial charge < -0.3 is 10.3 Å². The maximum Gasteiger partial charge on any atom is 0.280 e. The second-order valence-electron chi connectivity index (χ2n) is 5.04. The van der Waals surface area contributed by atoms with Gasteiger partial charge in [0.15, 0.2) is 17.3 Å². The Morgan fingerprint density at radius 2 is 2.00 bits per heavy atom. The van der Waals surface area contributed by atoms with E-state index in [1.807, 2.05) is 6.07 Å². The van der Waals surface area contributed by atoms with Crippen molar-refractivity contribution in [2.45, 2.75) is 18.8 Å². The molecule has 0 spiro atoms. The van der Waals surface area contributed by atoms with E-state index in [-0.39, 0.29) is 5.92 Å². The Morgan fingerprint density at radius 1 is 1.14 bits per heavy atom. The van der Waals surface area contributed by atoms with Gasteiger partial charge in [-0.2, -0.15) is 4.98 Å². The minimum Gasteiger partial charge on any atom is -0.382 e. The van der Waals surface area contributed by atoms with Gasteiger partial charge in [-0.15, -0.1) is 0 Å². The Balaban J connectivity index is 1.72. The highest BCUT2D eigenvalue weighted by Crippen LogP contribution is 2.37. The molecule has 6 heteroatoms. The van der Waals surface area contributed by atoms with Crippen LogP contribution < -0.4 is 5.73 Å². The molecule has 104 valence electrons. The normalized spacial score (nSPS) is 16.9. The van der Waals surface area contributed by atoms with Gasteiger partial charge >= 0.3 is 0 Å². The smallest absolute Gasteiger partial charge is 0.280 e. The van der Waals surface area contributed by atoms with Crippen LogP contribution in [-0.4, -0.2) is 20.1 Å². The van der Waals surface area contributed by atoms with Gasteiger partial charge in [-0.3, -0.25) is 0 Å². The summed E-state index contributed by atoms with van der Waals surface area (Å²) in [5.41, 5.74) is 8.85. The Morgan fingerprint density at radius 3 is 2.90 bits per heavy atom. The van der Waals surface area contributed by atoms with Crippen molar-refractivity contribution in [1.82, 2.24) is 20.1 Å². The zero-order valence-electron chi connectivity index (χ0n) is 11.2. The molecule has 0 saturated heterocycles. The maximum absolute atomic E-state index is 5.79. The number of aryl methyl sites for hydroxylation is 1. The summed E-state index contributed by atoms with van der Waals surface area (Å²) >= 11 is 0. The summed E-state index contributed by atoms with van der Waals surface area (Å²) < 4.78 is 5.32. The van der Waals surface area contributed by atoms with Crippen molar-refractivity contribution in [3.8, 4) is 11.6 Å². The second kappa shape index (κ2) is 4.66. The average molecular weight is 279 g/mol. The second-order valence-corrected chi connectivity index (χ2v) is 5.04. The highest BCUT2D eigenvalue weighted by molar-refractivity contribution is 5.61. The predicted molar refractivity (Wildman–Crippen MR) is 76.3 cm³/mol. The average Bonchev–Trinajstić information content (AvgIpc) is 3.14. The van der Waals surface area contributed by atoms with Crippen LogP contribution in [0.15, 0.2) is 41.2 Å². The van der Waals surface area contributed by atoms with E-state index in [2.05, 4.69) is 38.3 Å². The summed E-state index contributed by atoms with van der Waals surface area (Å²) in [6, 6.07) is 8.37. The van der Waals surface area contributed by atoms with Crippen molar-refractivity contribution >= 4 is 5.82 Å². The predicted octanol–water partition coefficient (Wildman–Crippen LogP) is 2.19. The molecule has 1 unspecified atom stereocenters. The van der Waals surface area contributed by atoms with Gasteiger partial charge in [0, 0.05) is 18.3 Å². The minimum atomic E-state index is 0.177. The molecule has 6 nitrogen and oxygen atoms in total. The topological polar surface area (TPSA) is 90.7 Å². The standard InChI is InChI=1S/C15H13N5O/c16-13-12(17-7-8-18-13)15-19-14(20-21-15)11-6-5-9-3-1-2-4-10(9)11/h1-4,7-8,11H,5-6H2,(H2,16,18). The lowest BCUT2D eigenvalue weighted by Crippen LogP contribution is -1.99. The van der Waals surface area contributed by atoms with E-state index in [0.29, 0.717) is 23.2 Å². The highest BCUT2D eigenvalue weighted by Gasteiger charge is 2.28. The fraction of sp³-hybridized carbons (Fsp3) is 0.200. The SMILES string of the molecule is Nc1nccnc1-c1nc(C2CCc3ccccc32)no1. The Bertz CT molecular complexity index is 798. The third-order valence-electron chi connectivity index (χ3n) is 3.82. The summed E-state index contributed by atoms with van der Waals surface area (Å²) in [5, 5.41) is 4.11. The lowest BCUT2D eigenvalue weighted by molar-refractivity contribution is 0.418. The summed E-state index contributed by atoms with van der Waals surface area (Å²) in [4.78, 5) is 12.6. The van der Waals surface area contributed by atoms with Crippen LogP contribution >= 0.6 is 0 Å². The first-order valence-electron chi connectivity index (χ1n) is 6.81. The van der Waals surface area contributed by atoms with Crippen molar-refractivity contribution in [1.29, 1.82) is 0 Å². The van der Waals surface area contributed by atoms with Crippen molar-refractivity contribution in [2.24, 2.45) is 0 Å². The Kier molecular flexibility index (Phi) is 2.67. The molecule has 21 heavy (non-hydrogen) atoms. The first-order chi connectivity index (χ1) is 10.3. The van der Waals surface area contributed by atoms with E-state index in [0.717, 1.165) is 12.8 Å². The molecular weight excluding hydrogens is 266 g/mol. The number of benzene rings is 1. The number of nitrogens with two attached hydrogens (primary N) is 1. The molecule has 1 atom stereocenters. The molecule has 3 aromatic rings. The lowest BCUT2D eigenvalue weighted by atomic mass is 10.0. The number of rotatable bonds is 2. The van der Waals surface area contributed by atoms with E-state index in [4.69, 9.17) is 10.3 Å². The molecule has 1 aromatic carbocycles. The molecule has 0 bridgehead atoms. The van der Waals surface area contributed by atoms with Crippen LogP contribution in [0.25, 0.3) is 11.6 Å². The van der Waals surface area contributed by atoms with E-state index >= 15 is 0 Å². The number of hydrogen-bond donors (Lipinski definition) is 1. The van der Waals surface area contributed by atoms with Gasteiger partial charge in [0.25, 0.3) is 5.89 Å². The van der Waals surface area contributed by atoms with E-state index in [1.54, 1.807) is 6.20 Å².